The molecule has 1 saturated heterocycles. The molecule has 1 heterocycles. The first-order valence-corrected chi connectivity index (χ1v) is 4.40. The van der Waals surface area contributed by atoms with Crippen LogP contribution in [0, 0.1) is 5.92 Å². The van der Waals surface area contributed by atoms with Gasteiger partial charge in [-0.2, -0.15) is 13.2 Å². The molecule has 1 fully saturated rings. The van der Waals surface area contributed by atoms with E-state index < -0.39 is 30.6 Å². The van der Waals surface area contributed by atoms with E-state index in [1.165, 1.54) is 0 Å². The SMILES string of the molecule is O=C(O)[C@H](C[C@H]1COCCO1)C(F)(F)F. The van der Waals surface area contributed by atoms with E-state index in [9.17, 15) is 18.0 Å². The molecule has 15 heavy (non-hydrogen) atoms. The first kappa shape index (κ1) is 12.3. The van der Waals surface area contributed by atoms with E-state index in [4.69, 9.17) is 14.6 Å². The summed E-state index contributed by atoms with van der Waals surface area (Å²) in [6.07, 6.45) is -6.13. The summed E-state index contributed by atoms with van der Waals surface area (Å²) in [5.74, 6) is -4.26. The minimum Gasteiger partial charge on any atom is -0.481 e. The molecule has 0 aromatic heterocycles. The Morgan fingerprint density at radius 2 is 2.13 bits per heavy atom. The number of ether oxygens (including phenoxy) is 2. The third kappa shape index (κ3) is 3.67. The molecule has 88 valence electrons. The van der Waals surface area contributed by atoms with E-state index in [2.05, 4.69) is 0 Å². The summed E-state index contributed by atoms with van der Waals surface area (Å²) in [7, 11) is 0. The van der Waals surface area contributed by atoms with Gasteiger partial charge in [0, 0.05) is 0 Å². The van der Waals surface area contributed by atoms with Crippen molar-refractivity contribution in [2.24, 2.45) is 5.92 Å². The molecule has 1 N–H and O–H groups in total. The highest BCUT2D eigenvalue weighted by molar-refractivity contribution is 5.70. The highest BCUT2D eigenvalue weighted by Gasteiger charge is 2.46. The number of alkyl halides is 3. The number of carboxylic acid groups (broad SMARTS) is 1. The van der Waals surface area contributed by atoms with Gasteiger partial charge in [-0.25, -0.2) is 0 Å². The minimum atomic E-state index is -4.74. The third-order valence-corrected chi connectivity index (χ3v) is 2.08. The van der Waals surface area contributed by atoms with Crippen molar-refractivity contribution < 1.29 is 32.5 Å². The first-order chi connectivity index (χ1) is 6.91. The van der Waals surface area contributed by atoms with Gasteiger partial charge in [-0.15, -0.1) is 0 Å². The summed E-state index contributed by atoms with van der Waals surface area (Å²) >= 11 is 0. The van der Waals surface area contributed by atoms with Gasteiger partial charge in [0.05, 0.1) is 25.9 Å². The fourth-order valence-corrected chi connectivity index (χ4v) is 1.31. The summed E-state index contributed by atoms with van der Waals surface area (Å²) in [5.41, 5.74) is 0. The number of halogens is 3. The van der Waals surface area contributed by atoms with Crippen LogP contribution in [0.1, 0.15) is 6.42 Å². The predicted molar refractivity (Wildman–Crippen MR) is 42.4 cm³/mol. The van der Waals surface area contributed by atoms with Gasteiger partial charge in [-0.05, 0) is 6.42 Å². The maximum Gasteiger partial charge on any atom is 0.402 e. The number of rotatable bonds is 3. The van der Waals surface area contributed by atoms with Crippen molar-refractivity contribution >= 4 is 5.97 Å². The van der Waals surface area contributed by atoms with Crippen molar-refractivity contribution in [1.82, 2.24) is 0 Å². The molecule has 1 aliphatic heterocycles. The number of carboxylic acids is 1. The summed E-state index contributed by atoms with van der Waals surface area (Å²) < 4.78 is 46.6. The summed E-state index contributed by atoms with van der Waals surface area (Å²) in [6.45, 7) is 0.551. The number of hydrogen-bond donors (Lipinski definition) is 1. The van der Waals surface area contributed by atoms with Crippen LogP contribution in [0.3, 0.4) is 0 Å². The van der Waals surface area contributed by atoms with Gasteiger partial charge in [0.1, 0.15) is 0 Å². The molecule has 0 aliphatic carbocycles. The molecule has 1 aliphatic rings. The van der Waals surface area contributed by atoms with Crippen molar-refractivity contribution in [1.29, 1.82) is 0 Å². The number of carbonyl (C=O) groups is 1. The van der Waals surface area contributed by atoms with Crippen molar-refractivity contribution in [3.8, 4) is 0 Å². The Labute approximate surface area is 84.0 Å². The lowest BCUT2D eigenvalue weighted by atomic mass is 10.0. The molecule has 0 amide bonds. The normalized spacial score (nSPS) is 24.9. The molecule has 0 radical (unpaired) electrons. The van der Waals surface area contributed by atoms with Crippen molar-refractivity contribution in [3.05, 3.63) is 0 Å². The van der Waals surface area contributed by atoms with Gasteiger partial charge in [0.25, 0.3) is 0 Å². The van der Waals surface area contributed by atoms with E-state index >= 15 is 0 Å². The summed E-state index contributed by atoms with van der Waals surface area (Å²) in [5, 5.41) is 8.42. The summed E-state index contributed by atoms with van der Waals surface area (Å²) in [4.78, 5) is 10.4. The molecule has 0 aromatic carbocycles. The van der Waals surface area contributed by atoms with Crippen molar-refractivity contribution in [2.45, 2.75) is 18.7 Å². The Hall–Kier alpha value is -0.820. The van der Waals surface area contributed by atoms with Gasteiger partial charge < -0.3 is 14.6 Å². The Balaban J connectivity index is 2.54. The maximum absolute atomic E-state index is 12.2. The monoisotopic (exact) mass is 228 g/mol. The Bertz CT molecular complexity index is 222. The Kier molecular flexibility index (Phi) is 3.92. The van der Waals surface area contributed by atoms with Crippen LogP contribution < -0.4 is 0 Å². The van der Waals surface area contributed by atoms with E-state index in [1.807, 2.05) is 0 Å². The molecule has 0 saturated carbocycles. The second-order valence-electron chi connectivity index (χ2n) is 3.24. The largest absolute Gasteiger partial charge is 0.481 e. The first-order valence-electron chi connectivity index (χ1n) is 4.40. The van der Waals surface area contributed by atoms with Gasteiger partial charge in [-0.1, -0.05) is 0 Å². The molecular formula is C8H11F3O4. The van der Waals surface area contributed by atoms with Crippen LogP contribution in [0.2, 0.25) is 0 Å². The van der Waals surface area contributed by atoms with Crippen molar-refractivity contribution in [2.75, 3.05) is 19.8 Å². The Morgan fingerprint density at radius 1 is 1.47 bits per heavy atom. The lowest BCUT2D eigenvalue weighted by molar-refractivity contribution is -0.204. The zero-order chi connectivity index (χ0) is 11.5. The highest BCUT2D eigenvalue weighted by Crippen LogP contribution is 2.31. The van der Waals surface area contributed by atoms with Gasteiger partial charge >= 0.3 is 12.1 Å². The zero-order valence-electron chi connectivity index (χ0n) is 7.79. The lowest BCUT2D eigenvalue weighted by Crippen LogP contribution is -2.38. The average molecular weight is 228 g/mol. The Morgan fingerprint density at radius 3 is 2.53 bits per heavy atom. The van der Waals surface area contributed by atoms with E-state index in [1.54, 1.807) is 0 Å². The fourth-order valence-electron chi connectivity index (χ4n) is 1.31. The standard InChI is InChI=1S/C8H11F3O4/c9-8(10,11)6(7(12)13)3-5-4-14-1-2-15-5/h5-6H,1-4H2,(H,12,13)/t5-,6-/m0/s1. The van der Waals surface area contributed by atoms with Crippen LogP contribution in [0.25, 0.3) is 0 Å². The van der Waals surface area contributed by atoms with E-state index in [0.29, 0.717) is 6.61 Å². The predicted octanol–water partition coefficient (Wildman–Crippen LogP) is 1.05. The number of hydrogen-bond acceptors (Lipinski definition) is 3. The second kappa shape index (κ2) is 4.80. The second-order valence-corrected chi connectivity index (χ2v) is 3.24. The van der Waals surface area contributed by atoms with Crippen LogP contribution in [-0.2, 0) is 14.3 Å². The highest BCUT2D eigenvalue weighted by atomic mass is 19.4. The molecule has 4 nitrogen and oxygen atoms in total. The van der Waals surface area contributed by atoms with Gasteiger partial charge in [-0.3, -0.25) is 4.79 Å². The average Bonchev–Trinajstić information content (AvgIpc) is 2.13. The molecule has 7 heteroatoms. The van der Waals surface area contributed by atoms with Crippen LogP contribution >= 0.6 is 0 Å². The molecule has 0 unspecified atom stereocenters. The maximum atomic E-state index is 12.2. The van der Waals surface area contributed by atoms with Crippen LogP contribution in [0.15, 0.2) is 0 Å². The third-order valence-electron chi connectivity index (χ3n) is 2.08. The minimum absolute atomic E-state index is 0.0137. The molecule has 0 aromatic rings. The lowest BCUT2D eigenvalue weighted by Gasteiger charge is -2.26. The molecule has 1 rings (SSSR count). The van der Waals surface area contributed by atoms with Crippen LogP contribution in [0.4, 0.5) is 13.2 Å². The van der Waals surface area contributed by atoms with Crippen LogP contribution in [-0.4, -0.2) is 43.2 Å². The molecule has 0 spiro atoms. The number of aliphatic carboxylic acids is 1. The van der Waals surface area contributed by atoms with E-state index in [0.717, 1.165) is 0 Å². The topological polar surface area (TPSA) is 55.8 Å². The molecular weight excluding hydrogens is 217 g/mol. The fraction of sp³-hybridized carbons (Fsp3) is 0.875. The van der Waals surface area contributed by atoms with E-state index in [-0.39, 0.29) is 13.2 Å². The van der Waals surface area contributed by atoms with Crippen LogP contribution in [0.5, 0.6) is 0 Å². The summed E-state index contributed by atoms with van der Waals surface area (Å²) in [6, 6.07) is 0. The zero-order valence-corrected chi connectivity index (χ0v) is 7.79. The van der Waals surface area contributed by atoms with Gasteiger partial charge in [0.2, 0.25) is 0 Å². The van der Waals surface area contributed by atoms with Gasteiger partial charge in [0.15, 0.2) is 5.92 Å². The molecule has 0 bridgehead atoms. The smallest absolute Gasteiger partial charge is 0.402 e. The van der Waals surface area contributed by atoms with Crippen molar-refractivity contribution in [3.63, 3.8) is 0 Å². The quantitative estimate of drug-likeness (QED) is 0.784. The molecule has 2 atom stereocenters.